The summed E-state index contributed by atoms with van der Waals surface area (Å²) in [5, 5.41) is 12.0. The second-order valence-electron chi connectivity index (χ2n) is 6.87. The molecule has 0 atom stereocenters. The first kappa shape index (κ1) is 17.0. The summed E-state index contributed by atoms with van der Waals surface area (Å²) in [7, 11) is 0. The van der Waals surface area contributed by atoms with Gasteiger partial charge in [-0.15, -0.1) is 0 Å². The van der Waals surface area contributed by atoms with Gasteiger partial charge < -0.3 is 15.3 Å². The molecule has 2 N–H and O–H groups in total. The zero-order chi connectivity index (χ0) is 17.6. The van der Waals surface area contributed by atoms with Gasteiger partial charge in [0.25, 0.3) is 0 Å². The fourth-order valence-corrected chi connectivity index (χ4v) is 3.73. The van der Waals surface area contributed by atoms with Crippen molar-refractivity contribution in [2.45, 2.75) is 31.2 Å². The van der Waals surface area contributed by atoms with Gasteiger partial charge in [-0.3, -0.25) is 0 Å². The van der Waals surface area contributed by atoms with Crippen LogP contribution in [-0.4, -0.2) is 41.4 Å². The van der Waals surface area contributed by atoms with Gasteiger partial charge in [-0.05, 0) is 30.5 Å². The number of hydrogen-bond donors (Lipinski definition) is 2. The van der Waals surface area contributed by atoms with Crippen LogP contribution >= 0.6 is 0 Å². The lowest BCUT2D eigenvalue weighted by Crippen LogP contribution is -2.68. The summed E-state index contributed by atoms with van der Waals surface area (Å²) in [6.07, 6.45) is -3.87. The zero-order valence-corrected chi connectivity index (χ0v) is 12.9. The Morgan fingerprint density at radius 2 is 1.83 bits per heavy atom. The van der Waals surface area contributed by atoms with E-state index < -0.39 is 28.9 Å². The van der Waals surface area contributed by atoms with Gasteiger partial charge in [-0.2, -0.15) is 13.2 Å². The van der Waals surface area contributed by atoms with E-state index >= 15 is 0 Å². The van der Waals surface area contributed by atoms with E-state index in [-0.39, 0.29) is 39.1 Å². The predicted molar refractivity (Wildman–Crippen MR) is 77.8 cm³/mol. The summed E-state index contributed by atoms with van der Waals surface area (Å²) in [4.78, 5) is 13.5. The smallest absolute Gasteiger partial charge is 0.396 e. The van der Waals surface area contributed by atoms with Crippen molar-refractivity contribution in [3.05, 3.63) is 35.4 Å². The standard InChI is InChI=1S/C16H18F4N2O2/c17-15-6-14(7-15,10-23)8-22(9-15)13(24)21-5-11-1-3-12(4-2-11)16(18,19)20/h1-4,23H,5-10H2,(H,21,24). The fourth-order valence-electron chi connectivity index (χ4n) is 3.73. The average molecular weight is 346 g/mol. The number of urea groups is 1. The number of nitrogens with zero attached hydrogens (tertiary/aromatic N) is 1. The molecule has 0 unspecified atom stereocenters. The molecule has 2 saturated heterocycles. The molecule has 1 aromatic rings. The molecule has 3 fully saturated rings. The molecule has 4 rings (SSSR count). The number of benzene rings is 1. The molecule has 0 spiro atoms. The zero-order valence-electron chi connectivity index (χ0n) is 12.9. The molecule has 24 heavy (non-hydrogen) atoms. The molecule has 0 aromatic heterocycles. The summed E-state index contributed by atoms with van der Waals surface area (Å²) < 4.78 is 51.7. The Kier molecular flexibility index (Phi) is 3.98. The third kappa shape index (κ3) is 3.19. The predicted octanol–water partition coefficient (Wildman–Crippen LogP) is 2.71. The number of hydrogen-bond acceptors (Lipinski definition) is 2. The molecule has 132 valence electrons. The number of aliphatic hydroxyl groups is 1. The van der Waals surface area contributed by atoms with Gasteiger partial charge in [0, 0.05) is 18.5 Å². The lowest BCUT2D eigenvalue weighted by Gasteiger charge is -2.58. The van der Waals surface area contributed by atoms with Crippen molar-refractivity contribution in [2.75, 3.05) is 19.7 Å². The maximum absolute atomic E-state index is 14.3. The van der Waals surface area contributed by atoms with E-state index in [0.29, 0.717) is 5.56 Å². The van der Waals surface area contributed by atoms with Crippen molar-refractivity contribution in [1.82, 2.24) is 10.2 Å². The topological polar surface area (TPSA) is 52.6 Å². The van der Waals surface area contributed by atoms with Crippen LogP contribution in [-0.2, 0) is 12.7 Å². The summed E-state index contributed by atoms with van der Waals surface area (Å²) >= 11 is 0. The number of fused-ring (bicyclic) bond motifs is 2. The number of piperidine rings is 2. The summed E-state index contributed by atoms with van der Waals surface area (Å²) in [5.41, 5.74) is -2.23. The number of amides is 2. The van der Waals surface area contributed by atoms with Crippen molar-refractivity contribution < 1.29 is 27.5 Å². The number of halogens is 4. The maximum Gasteiger partial charge on any atom is 0.416 e. The summed E-state index contributed by atoms with van der Waals surface area (Å²) in [6.45, 7) is 0.155. The molecule has 1 aliphatic carbocycles. The van der Waals surface area contributed by atoms with E-state index in [4.69, 9.17) is 0 Å². The van der Waals surface area contributed by atoms with Crippen LogP contribution in [0.25, 0.3) is 0 Å². The average Bonchev–Trinajstić information content (AvgIpc) is 2.50. The number of rotatable bonds is 3. The van der Waals surface area contributed by atoms with Crippen molar-refractivity contribution >= 4 is 6.03 Å². The first-order valence-corrected chi connectivity index (χ1v) is 7.64. The van der Waals surface area contributed by atoms with Gasteiger partial charge in [0.1, 0.15) is 5.67 Å². The van der Waals surface area contributed by atoms with Crippen molar-refractivity contribution in [2.24, 2.45) is 5.41 Å². The van der Waals surface area contributed by atoms with Crippen LogP contribution in [0.5, 0.6) is 0 Å². The number of carbonyl (C=O) groups excluding carboxylic acids is 1. The van der Waals surface area contributed by atoms with Crippen LogP contribution in [0.15, 0.2) is 24.3 Å². The summed E-state index contributed by atoms with van der Waals surface area (Å²) in [5.74, 6) is 0. The SMILES string of the molecule is O=C(NCc1ccc(C(F)(F)F)cc1)N1CC2(F)CC(CO)(C1)C2. The molecule has 2 amide bonds. The first-order valence-electron chi connectivity index (χ1n) is 7.64. The van der Waals surface area contributed by atoms with Crippen LogP contribution in [0.4, 0.5) is 22.4 Å². The second-order valence-corrected chi connectivity index (χ2v) is 6.87. The molecule has 2 aliphatic heterocycles. The third-order valence-corrected chi connectivity index (χ3v) is 4.73. The number of nitrogens with one attached hydrogen (secondary N) is 1. The molecular formula is C16H18F4N2O2. The Morgan fingerprint density at radius 1 is 1.21 bits per heavy atom. The molecule has 2 heterocycles. The molecular weight excluding hydrogens is 328 g/mol. The molecule has 1 saturated carbocycles. The fraction of sp³-hybridized carbons (Fsp3) is 0.562. The van der Waals surface area contributed by atoms with E-state index in [1.807, 2.05) is 0 Å². The highest BCUT2D eigenvalue weighted by Crippen LogP contribution is 2.55. The Hall–Kier alpha value is -1.83. The second kappa shape index (κ2) is 5.61. The van der Waals surface area contributed by atoms with Crippen LogP contribution in [0.2, 0.25) is 0 Å². The highest BCUT2D eigenvalue weighted by molar-refractivity contribution is 5.74. The number of aliphatic hydroxyl groups excluding tert-OH is 1. The summed E-state index contributed by atoms with van der Waals surface area (Å²) in [6, 6.07) is 4.02. The van der Waals surface area contributed by atoms with Gasteiger partial charge >= 0.3 is 12.2 Å². The minimum atomic E-state index is -4.40. The number of alkyl halides is 4. The van der Waals surface area contributed by atoms with Crippen molar-refractivity contribution in [1.29, 1.82) is 0 Å². The first-order chi connectivity index (χ1) is 11.1. The highest BCUT2D eigenvalue weighted by atomic mass is 19.4. The molecule has 3 aliphatic rings. The van der Waals surface area contributed by atoms with Gasteiger partial charge in [0.15, 0.2) is 0 Å². The van der Waals surface area contributed by atoms with E-state index in [9.17, 15) is 27.5 Å². The molecule has 4 nitrogen and oxygen atoms in total. The minimum absolute atomic E-state index is 0.0202. The van der Waals surface area contributed by atoms with Gasteiger partial charge in [-0.25, -0.2) is 9.18 Å². The van der Waals surface area contributed by atoms with Crippen molar-refractivity contribution in [3.63, 3.8) is 0 Å². The normalized spacial score (nSPS) is 29.1. The van der Waals surface area contributed by atoms with E-state index in [1.54, 1.807) is 0 Å². The highest BCUT2D eigenvalue weighted by Gasteiger charge is 2.61. The molecule has 1 aromatic carbocycles. The van der Waals surface area contributed by atoms with E-state index in [0.717, 1.165) is 12.1 Å². The van der Waals surface area contributed by atoms with E-state index in [2.05, 4.69) is 5.32 Å². The van der Waals surface area contributed by atoms with Crippen LogP contribution in [0.1, 0.15) is 24.0 Å². The molecule has 8 heteroatoms. The van der Waals surface area contributed by atoms with Crippen LogP contribution < -0.4 is 5.32 Å². The minimum Gasteiger partial charge on any atom is -0.396 e. The lowest BCUT2D eigenvalue weighted by molar-refractivity contribution is -0.154. The molecule has 2 bridgehead atoms. The largest absolute Gasteiger partial charge is 0.416 e. The maximum atomic E-state index is 14.3. The lowest BCUT2D eigenvalue weighted by atomic mass is 9.57. The Labute approximate surface area is 136 Å². The van der Waals surface area contributed by atoms with Gasteiger partial charge in [-0.1, -0.05) is 12.1 Å². The van der Waals surface area contributed by atoms with E-state index in [1.165, 1.54) is 17.0 Å². The van der Waals surface area contributed by atoms with Crippen LogP contribution in [0, 0.1) is 5.41 Å². The van der Waals surface area contributed by atoms with Gasteiger partial charge in [0.05, 0.1) is 18.7 Å². The Morgan fingerprint density at radius 3 is 2.38 bits per heavy atom. The molecule has 0 radical (unpaired) electrons. The van der Waals surface area contributed by atoms with Crippen LogP contribution in [0.3, 0.4) is 0 Å². The monoisotopic (exact) mass is 346 g/mol. The quantitative estimate of drug-likeness (QED) is 0.827. The Bertz CT molecular complexity index is 624. The third-order valence-electron chi connectivity index (χ3n) is 4.73. The Balaban J connectivity index is 1.56. The number of carbonyl (C=O) groups is 1. The van der Waals surface area contributed by atoms with Crippen molar-refractivity contribution in [3.8, 4) is 0 Å². The van der Waals surface area contributed by atoms with Gasteiger partial charge in [0.2, 0.25) is 0 Å².